The molecule has 6 nitrogen and oxygen atoms in total. The molecular formula is C26H38FN3O3. The van der Waals surface area contributed by atoms with Crippen molar-refractivity contribution in [1.29, 1.82) is 5.41 Å². The summed E-state index contributed by atoms with van der Waals surface area (Å²) in [6.07, 6.45) is 1.90. The van der Waals surface area contributed by atoms with Gasteiger partial charge in [0.05, 0.1) is 6.54 Å². The zero-order valence-corrected chi connectivity index (χ0v) is 21.1. The Hall–Kier alpha value is -2.70. The molecule has 2 aromatic rings. The number of phenolic OH excluding ortho intramolecular Hbond substituents is 1. The van der Waals surface area contributed by atoms with Crippen LogP contribution in [0.2, 0.25) is 0 Å². The van der Waals surface area contributed by atoms with Gasteiger partial charge in [-0.3, -0.25) is 19.6 Å². The number of alkyl halides is 1. The van der Waals surface area contributed by atoms with Gasteiger partial charge in [-0.05, 0) is 35.8 Å². The monoisotopic (exact) mass is 459 g/mol. The van der Waals surface area contributed by atoms with Gasteiger partial charge in [0.25, 0.3) is 0 Å². The van der Waals surface area contributed by atoms with E-state index in [0.29, 0.717) is 29.5 Å². The lowest BCUT2D eigenvalue weighted by Crippen LogP contribution is -2.33. The van der Waals surface area contributed by atoms with Crippen LogP contribution in [0.5, 0.6) is 5.75 Å². The number of halogens is 1. The molecule has 0 fully saturated rings. The Labute approximate surface area is 196 Å². The molecule has 2 rings (SSSR count). The van der Waals surface area contributed by atoms with E-state index in [1.165, 1.54) is 17.0 Å². The highest BCUT2D eigenvalue weighted by atomic mass is 19.1. The fraction of sp³-hybridized carbons (Fsp3) is 0.577. The van der Waals surface area contributed by atoms with Crippen LogP contribution in [0.3, 0.4) is 0 Å². The van der Waals surface area contributed by atoms with Gasteiger partial charge in [0.15, 0.2) is 11.6 Å². The number of aromatic nitrogens is 2. The van der Waals surface area contributed by atoms with Gasteiger partial charge >= 0.3 is 0 Å². The Morgan fingerprint density at radius 1 is 1.00 bits per heavy atom. The molecule has 0 aliphatic carbocycles. The van der Waals surface area contributed by atoms with Crippen molar-refractivity contribution < 1.29 is 19.1 Å². The third-order valence-corrected chi connectivity index (χ3v) is 6.15. The van der Waals surface area contributed by atoms with Crippen molar-refractivity contribution in [3.63, 3.8) is 0 Å². The number of carbonyl (C=O) groups excluding carboxylic acids is 2. The van der Waals surface area contributed by atoms with Crippen molar-refractivity contribution in [2.45, 2.75) is 91.9 Å². The molecule has 2 N–H and O–H groups in total. The highest BCUT2D eigenvalue weighted by molar-refractivity contribution is 5.96. The Kier molecular flexibility index (Phi) is 7.77. The van der Waals surface area contributed by atoms with Gasteiger partial charge in [0.2, 0.25) is 11.9 Å². The number of nitrogens with zero attached hydrogens (tertiary/aromatic N) is 2. The van der Waals surface area contributed by atoms with E-state index in [4.69, 9.17) is 5.41 Å². The minimum Gasteiger partial charge on any atom is -0.507 e. The number of rotatable bonds is 8. The summed E-state index contributed by atoms with van der Waals surface area (Å²) < 4.78 is 17.2. The summed E-state index contributed by atoms with van der Waals surface area (Å²) in [5, 5.41) is 19.2. The maximum atomic E-state index is 14.9. The van der Waals surface area contributed by atoms with Crippen molar-refractivity contribution in [3.8, 4) is 5.75 Å². The maximum Gasteiger partial charge on any atom is 0.237 e. The van der Waals surface area contributed by atoms with Gasteiger partial charge in [0, 0.05) is 35.0 Å². The van der Waals surface area contributed by atoms with Gasteiger partial charge in [-0.1, -0.05) is 55.4 Å². The van der Waals surface area contributed by atoms with Gasteiger partial charge in [-0.15, -0.1) is 0 Å². The maximum absolute atomic E-state index is 14.9. The number of phenols is 1. The van der Waals surface area contributed by atoms with Crippen molar-refractivity contribution in [2.75, 3.05) is 0 Å². The highest BCUT2D eigenvalue weighted by Gasteiger charge is 2.29. The van der Waals surface area contributed by atoms with Crippen LogP contribution in [0.15, 0.2) is 24.5 Å². The van der Waals surface area contributed by atoms with Crippen LogP contribution in [0, 0.1) is 11.3 Å². The lowest BCUT2D eigenvalue weighted by molar-refractivity contribution is -0.131. The first kappa shape index (κ1) is 26.6. The normalized spacial score (nSPS) is 13.4. The first-order chi connectivity index (χ1) is 15.1. The molecule has 0 aliphatic heterocycles. The summed E-state index contributed by atoms with van der Waals surface area (Å²) in [6, 6.07) is 3.39. The van der Waals surface area contributed by atoms with E-state index in [1.807, 2.05) is 55.4 Å². The summed E-state index contributed by atoms with van der Waals surface area (Å²) in [4.78, 5) is 25.6. The van der Waals surface area contributed by atoms with E-state index < -0.39 is 18.0 Å². The van der Waals surface area contributed by atoms with Crippen LogP contribution in [-0.4, -0.2) is 25.8 Å². The van der Waals surface area contributed by atoms with Crippen molar-refractivity contribution in [2.24, 2.45) is 5.92 Å². The van der Waals surface area contributed by atoms with E-state index in [9.17, 15) is 19.1 Å². The lowest BCUT2D eigenvalue weighted by Gasteiger charge is -2.28. The molecule has 0 bridgehead atoms. The molecule has 0 saturated carbocycles. The number of Topliss-reactive ketones (excluding diaryl/α,β-unsaturated/α-hetero) is 2. The average Bonchev–Trinajstić information content (AvgIpc) is 3.06. The smallest absolute Gasteiger partial charge is 0.237 e. The number of ketones is 2. The Bertz CT molecular complexity index is 1040. The first-order valence-electron chi connectivity index (χ1n) is 11.5. The van der Waals surface area contributed by atoms with E-state index in [2.05, 4.69) is 0 Å². The van der Waals surface area contributed by atoms with Crippen molar-refractivity contribution >= 4 is 11.6 Å². The number of hydrogen-bond donors (Lipinski definition) is 2. The first-order valence-corrected chi connectivity index (χ1v) is 11.5. The SMILES string of the molecule is CCC(CC)C(=O)C(F)n1ccn(CC(=O)c2cc(C(C)(C)C)c(O)c(C(C)(C)C)c2)c1=N. The fourth-order valence-corrected chi connectivity index (χ4v) is 3.96. The fourth-order valence-electron chi connectivity index (χ4n) is 3.96. The number of imidazole rings is 1. The predicted molar refractivity (Wildman–Crippen MR) is 127 cm³/mol. The topological polar surface area (TPSA) is 88.1 Å². The Morgan fingerprint density at radius 3 is 1.91 bits per heavy atom. The van der Waals surface area contributed by atoms with Gasteiger partial charge in [-0.25, -0.2) is 4.39 Å². The lowest BCUT2D eigenvalue weighted by atomic mass is 9.78. The molecule has 33 heavy (non-hydrogen) atoms. The molecule has 0 radical (unpaired) electrons. The Balaban J connectivity index is 2.42. The van der Waals surface area contributed by atoms with Crippen LogP contribution in [0.1, 0.15) is 96.0 Å². The summed E-state index contributed by atoms with van der Waals surface area (Å²) in [5.41, 5.74) is 0.758. The van der Waals surface area contributed by atoms with Crippen molar-refractivity contribution in [1.82, 2.24) is 9.13 Å². The summed E-state index contributed by atoms with van der Waals surface area (Å²) in [7, 11) is 0. The predicted octanol–water partition coefficient (Wildman–Crippen LogP) is 5.43. The molecule has 0 aliphatic rings. The second-order valence-electron chi connectivity index (χ2n) is 10.8. The molecular weight excluding hydrogens is 421 g/mol. The molecule has 7 heteroatoms. The molecule has 1 heterocycles. The molecule has 0 saturated heterocycles. The summed E-state index contributed by atoms with van der Waals surface area (Å²) in [6.45, 7) is 15.3. The Morgan fingerprint density at radius 2 is 1.48 bits per heavy atom. The number of benzene rings is 1. The zero-order chi connectivity index (χ0) is 25.3. The van der Waals surface area contributed by atoms with E-state index in [-0.39, 0.29) is 34.5 Å². The number of aromatic hydroxyl groups is 1. The van der Waals surface area contributed by atoms with Crippen LogP contribution in [0.4, 0.5) is 4.39 Å². The third-order valence-electron chi connectivity index (χ3n) is 6.15. The van der Waals surface area contributed by atoms with Crippen LogP contribution < -0.4 is 5.62 Å². The van der Waals surface area contributed by atoms with Gasteiger partial charge in [0.1, 0.15) is 5.75 Å². The zero-order valence-electron chi connectivity index (χ0n) is 21.1. The van der Waals surface area contributed by atoms with Gasteiger partial charge < -0.3 is 9.67 Å². The molecule has 1 aromatic heterocycles. The molecule has 1 aromatic carbocycles. The van der Waals surface area contributed by atoms with Crippen molar-refractivity contribution in [3.05, 3.63) is 46.8 Å². The second kappa shape index (κ2) is 9.65. The minimum atomic E-state index is -1.95. The summed E-state index contributed by atoms with van der Waals surface area (Å²) >= 11 is 0. The van der Waals surface area contributed by atoms with Gasteiger partial charge in [-0.2, -0.15) is 0 Å². The van der Waals surface area contributed by atoms with E-state index >= 15 is 0 Å². The summed E-state index contributed by atoms with van der Waals surface area (Å²) in [5.74, 6) is -1.03. The average molecular weight is 460 g/mol. The number of nitrogens with one attached hydrogen (secondary N) is 1. The quantitative estimate of drug-likeness (QED) is 0.516. The number of carbonyl (C=O) groups is 2. The molecule has 0 amide bonds. The standard InChI is InChI=1S/C26H38FN3O3/c1-9-16(10-2)21(32)23(27)30-12-11-29(24(30)28)15-20(31)17-13-18(25(3,4)5)22(33)19(14-17)26(6,7)8/h11-14,16,23,28,33H,9-10,15H2,1-8H3. The van der Waals surface area contributed by atoms with Crippen LogP contribution >= 0.6 is 0 Å². The van der Waals surface area contributed by atoms with Crippen LogP contribution in [-0.2, 0) is 22.2 Å². The molecule has 1 atom stereocenters. The molecule has 0 spiro atoms. The van der Waals surface area contributed by atoms with Crippen LogP contribution in [0.25, 0.3) is 0 Å². The minimum absolute atomic E-state index is 0.171. The van der Waals surface area contributed by atoms with E-state index in [1.54, 1.807) is 12.1 Å². The van der Waals surface area contributed by atoms with E-state index in [0.717, 1.165) is 4.57 Å². The molecule has 182 valence electrons. The highest BCUT2D eigenvalue weighted by Crippen LogP contribution is 2.39. The largest absolute Gasteiger partial charge is 0.507 e. The molecule has 1 unspecified atom stereocenters. The number of hydrogen-bond acceptors (Lipinski definition) is 4. The second-order valence-corrected chi connectivity index (χ2v) is 10.8. The third kappa shape index (κ3) is 5.63.